The highest BCUT2D eigenvalue weighted by atomic mass is 32.2. The van der Waals surface area contributed by atoms with Crippen molar-refractivity contribution in [1.29, 1.82) is 0 Å². The quantitative estimate of drug-likeness (QED) is 0.531. The molecule has 1 aliphatic rings. The van der Waals surface area contributed by atoms with Crippen molar-refractivity contribution in [2.45, 2.75) is 75.9 Å². The van der Waals surface area contributed by atoms with Gasteiger partial charge in [0.2, 0.25) is 0 Å². The van der Waals surface area contributed by atoms with E-state index in [1.54, 1.807) is 12.1 Å². The van der Waals surface area contributed by atoms with Gasteiger partial charge < -0.3 is 15.3 Å². The molecule has 0 aromatic carbocycles. The Hall–Kier alpha value is -2.72. The second kappa shape index (κ2) is 9.50. The minimum absolute atomic E-state index is 0.0322. The average molecular weight is 490 g/mol. The lowest BCUT2D eigenvalue weighted by Gasteiger charge is -2.28. The molecular weight excluding hydrogens is 454 g/mol. The van der Waals surface area contributed by atoms with Crippen molar-refractivity contribution in [3.63, 3.8) is 0 Å². The molecule has 0 spiro atoms. The third-order valence-electron chi connectivity index (χ3n) is 6.40. The van der Waals surface area contributed by atoms with E-state index in [4.69, 9.17) is 10.1 Å². The monoisotopic (exact) mass is 489 g/mol. The first-order valence-electron chi connectivity index (χ1n) is 11.4. The summed E-state index contributed by atoms with van der Waals surface area (Å²) < 4.78 is 23.5. The number of anilines is 1. The number of pyridine rings is 2. The first-order chi connectivity index (χ1) is 15.7. The zero-order valence-electron chi connectivity index (χ0n) is 20.4. The molecule has 34 heavy (non-hydrogen) atoms. The lowest BCUT2D eigenvalue weighted by atomic mass is 9.87. The molecule has 1 saturated heterocycles. The van der Waals surface area contributed by atoms with Gasteiger partial charge in [-0.05, 0) is 68.2 Å². The number of likely N-dealkylation sites (tertiary alicyclic amines) is 1. The van der Waals surface area contributed by atoms with Gasteiger partial charge >= 0.3 is 6.09 Å². The molecule has 0 bridgehead atoms. The van der Waals surface area contributed by atoms with Crippen LogP contribution in [0, 0.1) is 5.92 Å². The lowest BCUT2D eigenvalue weighted by molar-refractivity contribution is 0.117. The second-order valence-corrected chi connectivity index (χ2v) is 12.2. The molecule has 0 saturated carbocycles. The molecule has 3 rings (SSSR count). The third-order valence-corrected chi connectivity index (χ3v) is 7.21. The highest BCUT2D eigenvalue weighted by Gasteiger charge is 2.41. The van der Waals surface area contributed by atoms with E-state index in [0.29, 0.717) is 18.8 Å². The average Bonchev–Trinajstić information content (AvgIpc) is 3.04. The van der Waals surface area contributed by atoms with Crippen LogP contribution in [-0.2, 0) is 15.4 Å². The summed E-state index contributed by atoms with van der Waals surface area (Å²) in [5.74, 6) is 0.602. The molecule has 2 aromatic heterocycles. The topological polar surface area (TPSA) is 139 Å². The number of sulfonamides is 1. The fourth-order valence-corrected chi connectivity index (χ4v) is 4.99. The van der Waals surface area contributed by atoms with Crippen LogP contribution >= 0.6 is 0 Å². The van der Waals surface area contributed by atoms with Crippen LogP contribution in [-0.4, -0.2) is 46.6 Å². The Bertz CT molecular complexity index is 1130. The summed E-state index contributed by atoms with van der Waals surface area (Å²) in [5, 5.41) is 17.9. The van der Waals surface area contributed by atoms with E-state index in [1.807, 2.05) is 26.1 Å². The molecule has 2 atom stereocenters. The first kappa shape index (κ1) is 25.9. The van der Waals surface area contributed by atoms with Crippen LogP contribution in [0.3, 0.4) is 0 Å². The highest BCUT2D eigenvalue weighted by molar-refractivity contribution is 7.89. The Morgan fingerprint density at radius 1 is 1.29 bits per heavy atom. The van der Waals surface area contributed by atoms with Crippen LogP contribution in [0.5, 0.6) is 0 Å². The maximum atomic E-state index is 11.7. The van der Waals surface area contributed by atoms with Crippen molar-refractivity contribution >= 4 is 21.9 Å². The summed E-state index contributed by atoms with van der Waals surface area (Å²) in [4.78, 5) is 22.0. The van der Waals surface area contributed by atoms with E-state index in [2.05, 4.69) is 37.1 Å². The summed E-state index contributed by atoms with van der Waals surface area (Å²) in [6, 6.07) is 8.43. The van der Waals surface area contributed by atoms with E-state index in [9.17, 15) is 18.3 Å². The standard InChI is InChI=1S/C24H35N5O4S/c1-23(2,3)17-10-12-18(26-14-17)19(27-20-7-6-8-21(28-20)34(25,32)33)11-9-16-13-24(4,5)29(15-16)22(30)31/h6-8,10,12,14,16,19H,9,11,13,15H2,1-5H3,(H,27,28)(H,30,31)(H2,25,32,33)/t16-,19?/m0/s1. The lowest BCUT2D eigenvalue weighted by Crippen LogP contribution is -2.41. The molecule has 1 fully saturated rings. The molecule has 4 N–H and O–H groups in total. The van der Waals surface area contributed by atoms with Gasteiger partial charge in [-0.25, -0.2) is 23.3 Å². The Morgan fingerprint density at radius 3 is 2.53 bits per heavy atom. The molecule has 1 unspecified atom stereocenters. The molecule has 3 heterocycles. The second-order valence-electron chi connectivity index (χ2n) is 10.7. The summed E-state index contributed by atoms with van der Waals surface area (Å²) in [7, 11) is -3.93. The van der Waals surface area contributed by atoms with Crippen LogP contribution in [0.1, 0.15) is 71.2 Å². The molecule has 0 aliphatic carbocycles. The van der Waals surface area contributed by atoms with Gasteiger partial charge in [-0.3, -0.25) is 4.98 Å². The Labute approximate surface area is 201 Å². The normalized spacial score (nSPS) is 19.1. The van der Waals surface area contributed by atoms with Gasteiger partial charge in [-0.2, -0.15) is 0 Å². The number of carbonyl (C=O) groups is 1. The molecule has 1 amide bonds. The van der Waals surface area contributed by atoms with E-state index in [-0.39, 0.29) is 22.4 Å². The molecule has 10 heteroatoms. The summed E-state index contributed by atoms with van der Waals surface area (Å²) in [6.45, 7) is 10.8. The number of primary sulfonamides is 1. The number of aromatic nitrogens is 2. The van der Waals surface area contributed by atoms with Crippen LogP contribution in [0.4, 0.5) is 10.6 Å². The first-order valence-corrected chi connectivity index (χ1v) is 12.9. The molecule has 186 valence electrons. The third kappa shape index (κ3) is 6.24. The number of carboxylic acid groups (broad SMARTS) is 1. The maximum Gasteiger partial charge on any atom is 0.407 e. The Kier molecular flexibility index (Phi) is 7.23. The summed E-state index contributed by atoms with van der Waals surface area (Å²) in [5.41, 5.74) is 1.48. The Balaban J connectivity index is 1.83. The van der Waals surface area contributed by atoms with Gasteiger partial charge in [0, 0.05) is 18.3 Å². The Morgan fingerprint density at radius 2 is 2.00 bits per heavy atom. The van der Waals surface area contributed by atoms with Crippen molar-refractivity contribution in [3.8, 4) is 0 Å². The number of nitrogens with zero attached hydrogens (tertiary/aromatic N) is 3. The van der Waals surface area contributed by atoms with Crippen molar-refractivity contribution in [2.75, 3.05) is 11.9 Å². The largest absolute Gasteiger partial charge is 0.465 e. The summed E-state index contributed by atoms with van der Waals surface area (Å²) >= 11 is 0. The number of amides is 1. The number of rotatable bonds is 7. The van der Waals surface area contributed by atoms with Crippen molar-refractivity contribution in [1.82, 2.24) is 14.9 Å². The van der Waals surface area contributed by atoms with Crippen molar-refractivity contribution < 1.29 is 18.3 Å². The van der Waals surface area contributed by atoms with E-state index < -0.39 is 21.7 Å². The minimum atomic E-state index is -3.93. The smallest absolute Gasteiger partial charge is 0.407 e. The number of hydrogen-bond acceptors (Lipinski definition) is 6. The SMILES string of the molecule is CC(C)(C)c1ccc(C(CC[C@@H]2CN(C(=O)O)C(C)(C)C2)Nc2cccc(S(N)(=O)=O)n2)nc1. The summed E-state index contributed by atoms with van der Waals surface area (Å²) in [6.07, 6.45) is 3.20. The van der Waals surface area contributed by atoms with Crippen LogP contribution in [0.15, 0.2) is 41.6 Å². The maximum absolute atomic E-state index is 11.7. The highest BCUT2D eigenvalue weighted by Crippen LogP contribution is 2.37. The zero-order valence-corrected chi connectivity index (χ0v) is 21.3. The molecule has 0 radical (unpaired) electrons. The molecule has 9 nitrogen and oxygen atoms in total. The van der Waals surface area contributed by atoms with Crippen LogP contribution in [0.2, 0.25) is 0 Å². The van der Waals surface area contributed by atoms with E-state index in [0.717, 1.165) is 24.1 Å². The minimum Gasteiger partial charge on any atom is -0.465 e. The van der Waals surface area contributed by atoms with Crippen LogP contribution < -0.4 is 10.5 Å². The number of hydrogen-bond donors (Lipinski definition) is 3. The van der Waals surface area contributed by atoms with Gasteiger partial charge in [0.05, 0.1) is 11.7 Å². The fraction of sp³-hybridized carbons (Fsp3) is 0.542. The van der Waals surface area contributed by atoms with E-state index in [1.165, 1.54) is 11.0 Å². The van der Waals surface area contributed by atoms with Crippen molar-refractivity contribution in [2.24, 2.45) is 11.1 Å². The fourth-order valence-electron chi connectivity index (χ4n) is 4.50. The molecule has 1 aliphatic heterocycles. The van der Waals surface area contributed by atoms with Gasteiger partial charge in [-0.15, -0.1) is 0 Å². The van der Waals surface area contributed by atoms with Gasteiger partial charge in [0.1, 0.15) is 5.82 Å². The predicted octanol–water partition coefficient (Wildman–Crippen LogP) is 4.13. The molecular formula is C24H35N5O4S. The predicted molar refractivity (Wildman–Crippen MR) is 131 cm³/mol. The number of nitrogens with two attached hydrogens (primary N) is 1. The van der Waals surface area contributed by atoms with Crippen LogP contribution in [0.25, 0.3) is 0 Å². The van der Waals surface area contributed by atoms with Gasteiger partial charge in [0.25, 0.3) is 10.0 Å². The van der Waals surface area contributed by atoms with E-state index >= 15 is 0 Å². The number of nitrogens with one attached hydrogen (secondary N) is 1. The zero-order chi connectivity index (χ0) is 25.3. The van der Waals surface area contributed by atoms with Crippen molar-refractivity contribution in [3.05, 3.63) is 47.8 Å². The van der Waals surface area contributed by atoms with Gasteiger partial charge in [0.15, 0.2) is 5.03 Å². The van der Waals surface area contributed by atoms with Gasteiger partial charge in [-0.1, -0.05) is 32.9 Å². The molecule has 2 aromatic rings.